The van der Waals surface area contributed by atoms with E-state index in [1.54, 1.807) is 30.3 Å². The maximum atomic E-state index is 13.9. The Morgan fingerprint density at radius 2 is 0.643 bits per heavy atom. The van der Waals surface area contributed by atoms with Crippen LogP contribution in [0.2, 0.25) is 0 Å². The molecule has 3 heterocycles. The number of rotatable bonds is 7. The fourth-order valence-corrected chi connectivity index (χ4v) is 17.5. The lowest BCUT2D eigenvalue weighted by molar-refractivity contribution is -0.385. The Labute approximate surface area is 658 Å². The van der Waals surface area contributed by atoms with Gasteiger partial charge in [-0.2, -0.15) is 0 Å². The normalized spacial score (nSPS) is 12.5. The van der Waals surface area contributed by atoms with Crippen LogP contribution in [0.25, 0.3) is 121 Å². The number of nitrogens with zero attached hydrogens (tertiary/aromatic N) is 5. The van der Waals surface area contributed by atoms with Gasteiger partial charge in [0, 0.05) is 117 Å². The first-order valence-electron chi connectivity index (χ1n) is 38.0. The van der Waals surface area contributed by atoms with E-state index in [-0.39, 0.29) is 45.0 Å². The van der Waals surface area contributed by atoms with Crippen molar-refractivity contribution >= 4 is 94.1 Å². The van der Waals surface area contributed by atoms with Crippen molar-refractivity contribution in [2.75, 3.05) is 0 Å². The molecule has 20 rings (SSSR count). The van der Waals surface area contributed by atoms with E-state index in [2.05, 4.69) is 69.8 Å². The highest BCUT2D eigenvalue weighted by atomic mass is 16.6. The van der Waals surface area contributed by atoms with Gasteiger partial charge in [-0.15, -0.1) is 0 Å². The second kappa shape index (κ2) is 27.9. The molecule has 0 fully saturated rings. The van der Waals surface area contributed by atoms with Gasteiger partial charge in [0.2, 0.25) is 0 Å². The van der Waals surface area contributed by atoms with Crippen LogP contribution in [0.4, 0.5) is 11.4 Å². The van der Waals surface area contributed by atoms with Crippen LogP contribution in [-0.4, -0.2) is 40.9 Å². The van der Waals surface area contributed by atoms with Crippen LogP contribution >= 0.6 is 0 Å². The van der Waals surface area contributed by atoms with Crippen LogP contribution < -0.4 is 16.3 Å². The zero-order chi connectivity index (χ0) is 79.7. The minimum absolute atomic E-state index is 0.000946. The Morgan fingerprint density at radius 3 is 1.20 bits per heavy atom. The summed E-state index contributed by atoms with van der Waals surface area (Å²) in [6, 6.07) is 84.1. The lowest BCUT2D eigenvalue weighted by Gasteiger charge is -2.23. The lowest BCUT2D eigenvalue weighted by Crippen LogP contribution is -2.18. The second-order valence-corrected chi connectivity index (χ2v) is 30.4. The number of pyridine rings is 3. The van der Waals surface area contributed by atoms with Crippen LogP contribution in [0, 0.1) is 47.9 Å². The van der Waals surface area contributed by atoms with Gasteiger partial charge in [-0.1, -0.05) is 133 Å². The number of carbonyl (C=O) groups excluding carboxylic acids is 3. The molecule has 0 unspecified atom stereocenters. The molecule has 3 aliphatic carbocycles. The number of nitro groups is 2. The number of hydrogen-bond donors (Lipinski definition) is 0. The average molecular weight is 1500 g/mol. The fourth-order valence-electron chi connectivity index (χ4n) is 17.5. The molecule has 17 aromatic rings. The zero-order valence-electron chi connectivity index (χ0n) is 63.8. The third kappa shape index (κ3) is 12.3. The molecule has 15 heteroatoms. The molecule has 0 saturated heterocycles. The molecule has 3 aromatic heterocycles. The zero-order valence-corrected chi connectivity index (χ0v) is 63.8. The van der Waals surface area contributed by atoms with Crippen molar-refractivity contribution in [1.82, 2.24) is 13.7 Å². The predicted molar refractivity (Wildman–Crippen MR) is 458 cm³/mol. The van der Waals surface area contributed by atoms with Crippen LogP contribution in [0.15, 0.2) is 281 Å². The number of carbonyl (C=O) groups is 3. The van der Waals surface area contributed by atoms with Crippen molar-refractivity contribution in [3.05, 3.63) is 407 Å². The molecule has 0 atom stereocenters. The number of benzene rings is 14. The molecule has 15 nitrogen and oxygen atoms in total. The minimum Gasteiger partial charge on any atom is -0.343 e. The molecule has 3 aliphatic rings. The Bertz CT molecular complexity index is 7370. The highest BCUT2D eigenvalue weighted by Gasteiger charge is 2.31. The van der Waals surface area contributed by atoms with E-state index < -0.39 is 9.85 Å². The first-order chi connectivity index (χ1) is 55.5. The van der Waals surface area contributed by atoms with E-state index in [1.165, 1.54) is 24.3 Å². The number of ketones is 3. The smallest absolute Gasteiger partial charge is 0.269 e. The summed E-state index contributed by atoms with van der Waals surface area (Å²) in [5, 5.41) is 25.9. The SMILES string of the molecule is Cc1cc(-c2ccc([N+](=O)[O-])cc2)cc2c1Cc1cc3c(=O)c4cc(-c5ccc([N+](=O)[O-])cc5)ccc4n(C)c3cc1C2=O.Cc1cc(-c2ccccc2)cc2c(=O)c3cc4c(cc3n(C)c12)C(=O)c1cc(-c2ccccc2)ccc1C4.Cc1ccc2c(c1)C(=O)c1cc3c(cc1C2)c(=O)c1cc(C)cc(-c2ccccc2)c1n3C. The van der Waals surface area contributed by atoms with Crippen molar-refractivity contribution in [1.29, 1.82) is 0 Å². The van der Waals surface area contributed by atoms with Crippen LogP contribution in [0.1, 0.15) is 103 Å². The first kappa shape index (κ1) is 71.9. The van der Waals surface area contributed by atoms with Gasteiger partial charge in [-0.3, -0.25) is 49.0 Å². The van der Waals surface area contributed by atoms with Gasteiger partial charge >= 0.3 is 0 Å². The monoisotopic (exact) mass is 1500 g/mol. The summed E-state index contributed by atoms with van der Waals surface area (Å²) in [6.07, 6.45) is 1.78. The average Bonchev–Trinajstić information content (AvgIpc) is 0.737. The van der Waals surface area contributed by atoms with Crippen molar-refractivity contribution in [3.8, 4) is 55.6 Å². The maximum Gasteiger partial charge on any atom is 0.269 e. The number of fused-ring (bicyclic) bond motifs is 12. The molecule has 0 radical (unpaired) electrons. The molecule has 14 aromatic carbocycles. The fraction of sp³-hybridized carbons (Fsp3) is 0.100. The molecule has 115 heavy (non-hydrogen) atoms. The highest BCUT2D eigenvalue weighted by Crippen LogP contribution is 2.41. The van der Waals surface area contributed by atoms with Crippen molar-refractivity contribution < 1.29 is 24.2 Å². The largest absolute Gasteiger partial charge is 0.343 e. The summed E-state index contributed by atoms with van der Waals surface area (Å²) in [7, 11) is 5.84. The Kier molecular flexibility index (Phi) is 17.5. The third-order valence-electron chi connectivity index (χ3n) is 23.4. The number of hydrogen-bond acceptors (Lipinski definition) is 10. The molecule has 0 N–H and O–H groups in total. The van der Waals surface area contributed by atoms with E-state index in [0.29, 0.717) is 84.9 Å². The first-order valence-corrected chi connectivity index (χ1v) is 38.0. The number of aryl methyl sites for hydroxylation is 7. The van der Waals surface area contributed by atoms with Gasteiger partial charge in [0.25, 0.3) is 11.4 Å². The summed E-state index contributed by atoms with van der Waals surface area (Å²) < 4.78 is 6.06. The number of non-ortho nitro benzene ring substituents is 2. The minimum atomic E-state index is -0.449. The molecule has 0 amide bonds. The van der Waals surface area contributed by atoms with Crippen molar-refractivity contribution in [2.24, 2.45) is 21.1 Å². The quantitative estimate of drug-likeness (QED) is 0.0839. The molecular weight excluding hydrogens is 1430 g/mol. The van der Waals surface area contributed by atoms with E-state index in [4.69, 9.17) is 0 Å². The third-order valence-corrected chi connectivity index (χ3v) is 23.4. The van der Waals surface area contributed by atoms with E-state index >= 15 is 0 Å². The van der Waals surface area contributed by atoms with E-state index in [0.717, 1.165) is 144 Å². The van der Waals surface area contributed by atoms with Gasteiger partial charge in [0.05, 0.1) is 42.9 Å². The van der Waals surface area contributed by atoms with Gasteiger partial charge in [-0.05, 0) is 262 Å². The summed E-state index contributed by atoms with van der Waals surface area (Å²) in [5.41, 5.74) is 27.7. The predicted octanol–water partition coefficient (Wildman–Crippen LogP) is 20.9. The Morgan fingerprint density at radius 1 is 0.270 bits per heavy atom. The van der Waals surface area contributed by atoms with E-state index in [1.807, 2.05) is 205 Å². The summed E-state index contributed by atoms with van der Waals surface area (Å²) in [5.74, 6) is -0.0720. The van der Waals surface area contributed by atoms with Gasteiger partial charge < -0.3 is 13.7 Å². The van der Waals surface area contributed by atoms with Crippen molar-refractivity contribution in [3.63, 3.8) is 0 Å². The van der Waals surface area contributed by atoms with Crippen LogP contribution in [0.5, 0.6) is 0 Å². The summed E-state index contributed by atoms with van der Waals surface area (Å²) >= 11 is 0. The van der Waals surface area contributed by atoms with Gasteiger partial charge in [-0.25, -0.2) is 0 Å². The van der Waals surface area contributed by atoms with Gasteiger partial charge in [0.1, 0.15) is 0 Å². The molecular formula is C100H71N5O10. The lowest BCUT2D eigenvalue weighted by atomic mass is 9.80. The maximum absolute atomic E-state index is 13.9. The Hall–Kier alpha value is -14.7. The molecule has 556 valence electrons. The topological polar surface area (TPSA) is 203 Å². The molecule has 0 spiro atoms. The summed E-state index contributed by atoms with van der Waals surface area (Å²) in [4.78, 5) is 104. The summed E-state index contributed by atoms with van der Waals surface area (Å²) in [6.45, 7) is 8.02. The number of nitro benzene ring substituents is 2. The molecule has 0 aliphatic heterocycles. The van der Waals surface area contributed by atoms with Crippen LogP contribution in [0.3, 0.4) is 0 Å². The van der Waals surface area contributed by atoms with Gasteiger partial charge in [0.15, 0.2) is 33.6 Å². The second-order valence-electron chi connectivity index (χ2n) is 30.4. The molecule has 0 bridgehead atoms. The standard InChI is InChI=1S/C35H23N3O6.C35H25NO2.C30H23NO2/c1-19-13-23(21-5-10-26(11-6-21)38(43)44)15-29-27(19)16-24-17-31-33(18-28(24)34(29)39)36(2)32-12-7-22(14-30(32)35(31)40)20-3-8-25(9-4-20)37(41)42;1-21-15-26(23-11-7-4-8-12-23)18-31-33(21)36(2)32-20-29-27(19-30(32)35(31)38)16-25-14-13-24(17-28(25)34(29)37)22-9-5-3-6-10-22;1-17-9-10-20-14-21-15-25-27(16-24(21)29(32)23(20)11-17)31(3)28-22(19-7-5-4-6-8-19)12-18(2)13-26(28)30(25)33/h3-15,17-18H,16H2,1-2H3;3-15,17-20H,16H2,1-2H3;4-13,15-16H,14H2,1-3H3. The highest BCUT2D eigenvalue weighted by molar-refractivity contribution is 6.17. The van der Waals surface area contributed by atoms with Crippen LogP contribution in [-0.2, 0) is 40.4 Å². The Balaban J connectivity index is 0.000000121. The van der Waals surface area contributed by atoms with Crippen molar-refractivity contribution in [2.45, 2.75) is 47.0 Å². The number of aromatic nitrogens is 3. The van der Waals surface area contributed by atoms with E-state index in [9.17, 15) is 49.0 Å². The molecule has 0 saturated carbocycles.